The van der Waals surface area contributed by atoms with Gasteiger partial charge in [0.1, 0.15) is 0 Å². The fraction of sp³-hybridized carbons (Fsp3) is 0.750. The smallest absolute Gasteiger partial charge is 0.288 e. The van der Waals surface area contributed by atoms with Crippen molar-refractivity contribution in [3.8, 4) is 0 Å². The number of nitrogens with zero attached hydrogens (tertiary/aromatic N) is 1. The van der Waals surface area contributed by atoms with E-state index in [4.69, 9.17) is 0 Å². The molecular weight excluding hydrogens is 204 g/mol. The molecule has 5 nitrogen and oxygen atoms in total. The van der Waals surface area contributed by atoms with Crippen molar-refractivity contribution in [2.75, 3.05) is 25.4 Å². The van der Waals surface area contributed by atoms with Crippen LogP contribution >= 0.6 is 11.8 Å². The summed E-state index contributed by atoms with van der Waals surface area (Å²) in [7, 11) is 0. The van der Waals surface area contributed by atoms with Crippen LogP contribution in [0.5, 0.6) is 0 Å². The molecule has 1 atom stereocenters. The molecule has 0 spiro atoms. The lowest BCUT2D eigenvalue weighted by Gasteiger charge is -2.17. The second-order valence-electron chi connectivity index (χ2n) is 3.02. The van der Waals surface area contributed by atoms with E-state index in [1.807, 2.05) is 6.92 Å². The Hall–Kier alpha value is -0.590. The van der Waals surface area contributed by atoms with Gasteiger partial charge in [-0.1, -0.05) is 18.7 Å². The summed E-state index contributed by atoms with van der Waals surface area (Å²) in [6.45, 7) is 3.18. The molecule has 0 aromatic rings. The van der Waals surface area contributed by atoms with Gasteiger partial charge in [-0.3, -0.25) is 14.5 Å². The zero-order chi connectivity index (χ0) is 10.6. The van der Waals surface area contributed by atoms with Gasteiger partial charge in [0.15, 0.2) is 0 Å². The number of amides is 2. The van der Waals surface area contributed by atoms with Crippen molar-refractivity contribution >= 4 is 22.9 Å². The molecule has 0 aromatic carbocycles. The third-order valence-corrected chi connectivity index (χ3v) is 2.72. The number of rotatable bonds is 5. The molecule has 0 radical (unpaired) electrons. The van der Waals surface area contributed by atoms with Gasteiger partial charge in [-0.05, 0) is 6.54 Å². The molecule has 1 aliphatic rings. The van der Waals surface area contributed by atoms with Crippen molar-refractivity contribution < 1.29 is 14.7 Å². The number of hydrogen-bond donors (Lipinski definition) is 2. The molecule has 0 aliphatic carbocycles. The Morgan fingerprint density at radius 3 is 2.86 bits per heavy atom. The highest BCUT2D eigenvalue weighted by molar-refractivity contribution is 8.14. The van der Waals surface area contributed by atoms with Gasteiger partial charge in [-0.2, -0.15) is 0 Å². The number of nitrogens with one attached hydrogen (secondary N) is 1. The number of imide groups is 1. The number of carbonyl (C=O) groups is 2. The molecule has 2 amide bonds. The van der Waals surface area contributed by atoms with Gasteiger partial charge in [0.2, 0.25) is 5.91 Å². The summed E-state index contributed by atoms with van der Waals surface area (Å²) in [5.41, 5.74) is 0. The SMILES string of the molecule is CCNCC(O)CN1C(=O)CSC1=O. The minimum Gasteiger partial charge on any atom is -0.390 e. The molecule has 0 bridgehead atoms. The Kier molecular flexibility index (Phi) is 4.37. The van der Waals surface area contributed by atoms with Gasteiger partial charge in [0, 0.05) is 6.54 Å². The molecule has 1 heterocycles. The van der Waals surface area contributed by atoms with E-state index in [9.17, 15) is 14.7 Å². The van der Waals surface area contributed by atoms with Crippen molar-refractivity contribution in [1.82, 2.24) is 10.2 Å². The Morgan fingerprint density at radius 1 is 1.64 bits per heavy atom. The lowest BCUT2D eigenvalue weighted by Crippen LogP contribution is -2.40. The molecular formula is C8H14N2O3S. The monoisotopic (exact) mass is 218 g/mol. The third-order valence-electron chi connectivity index (χ3n) is 1.86. The quantitative estimate of drug-likeness (QED) is 0.660. The van der Waals surface area contributed by atoms with E-state index in [2.05, 4.69) is 5.32 Å². The Bertz CT molecular complexity index is 219. The average molecular weight is 218 g/mol. The van der Waals surface area contributed by atoms with Gasteiger partial charge in [-0.15, -0.1) is 0 Å². The summed E-state index contributed by atoms with van der Waals surface area (Å²) >= 11 is 0.985. The number of likely N-dealkylation sites (N-methyl/N-ethyl adjacent to an activating group) is 1. The Morgan fingerprint density at radius 2 is 2.36 bits per heavy atom. The summed E-state index contributed by atoms with van der Waals surface area (Å²) in [4.78, 5) is 23.4. The first-order valence-corrected chi connectivity index (χ1v) is 5.49. The second-order valence-corrected chi connectivity index (χ2v) is 3.95. The lowest BCUT2D eigenvalue weighted by atomic mass is 10.3. The van der Waals surface area contributed by atoms with Crippen molar-refractivity contribution in [3.05, 3.63) is 0 Å². The van der Waals surface area contributed by atoms with E-state index < -0.39 is 6.10 Å². The van der Waals surface area contributed by atoms with Crippen LogP contribution in [-0.2, 0) is 4.79 Å². The van der Waals surface area contributed by atoms with Crippen LogP contribution < -0.4 is 5.32 Å². The van der Waals surface area contributed by atoms with Gasteiger partial charge in [0.05, 0.1) is 18.4 Å². The molecule has 1 aliphatic heterocycles. The molecule has 14 heavy (non-hydrogen) atoms. The molecule has 2 N–H and O–H groups in total. The highest BCUT2D eigenvalue weighted by Gasteiger charge is 2.31. The maximum absolute atomic E-state index is 11.1. The van der Waals surface area contributed by atoms with Crippen molar-refractivity contribution in [1.29, 1.82) is 0 Å². The number of aliphatic hydroxyl groups excluding tert-OH is 1. The molecule has 0 aromatic heterocycles. The first-order valence-electron chi connectivity index (χ1n) is 4.51. The first kappa shape index (κ1) is 11.5. The van der Waals surface area contributed by atoms with E-state index in [0.29, 0.717) is 6.54 Å². The molecule has 6 heteroatoms. The fourth-order valence-corrected chi connectivity index (χ4v) is 1.88. The standard InChI is InChI=1S/C8H14N2O3S/c1-2-9-3-6(11)4-10-7(12)5-14-8(10)13/h6,9,11H,2-5H2,1H3. The number of thioether (sulfide) groups is 1. The zero-order valence-electron chi connectivity index (χ0n) is 8.02. The van der Waals surface area contributed by atoms with Gasteiger partial charge >= 0.3 is 0 Å². The van der Waals surface area contributed by atoms with Crippen molar-refractivity contribution in [3.63, 3.8) is 0 Å². The van der Waals surface area contributed by atoms with E-state index in [0.717, 1.165) is 23.2 Å². The predicted molar refractivity (Wildman–Crippen MR) is 54.1 cm³/mol. The molecule has 1 unspecified atom stereocenters. The number of aliphatic hydroxyl groups is 1. The largest absolute Gasteiger partial charge is 0.390 e. The first-order chi connectivity index (χ1) is 6.65. The van der Waals surface area contributed by atoms with E-state index >= 15 is 0 Å². The third kappa shape index (κ3) is 2.97. The maximum atomic E-state index is 11.1. The van der Waals surface area contributed by atoms with Crippen LogP contribution in [0.3, 0.4) is 0 Å². The number of β-amino-alcohol motifs (C(OH)–C–C–N with tert-alkyl or cyclic N) is 1. The van der Waals surface area contributed by atoms with Crippen LogP contribution in [0.25, 0.3) is 0 Å². The van der Waals surface area contributed by atoms with Crippen LogP contribution in [0.15, 0.2) is 0 Å². The summed E-state index contributed by atoms with van der Waals surface area (Å²) in [6.07, 6.45) is -0.679. The predicted octanol–water partition coefficient (Wildman–Crippen LogP) is -0.348. The van der Waals surface area contributed by atoms with Gasteiger partial charge < -0.3 is 10.4 Å². The Balaban J connectivity index is 2.35. The summed E-state index contributed by atoms with van der Waals surface area (Å²) in [5.74, 6) is -0.0113. The van der Waals surface area contributed by atoms with E-state index in [1.54, 1.807) is 0 Å². The van der Waals surface area contributed by atoms with Crippen LogP contribution in [-0.4, -0.2) is 52.6 Å². The van der Waals surface area contributed by atoms with Crippen LogP contribution in [0.1, 0.15) is 6.92 Å². The summed E-state index contributed by atoms with van der Waals surface area (Å²) < 4.78 is 0. The summed E-state index contributed by atoms with van der Waals surface area (Å²) in [6, 6.07) is 0. The van der Waals surface area contributed by atoms with E-state index in [1.165, 1.54) is 0 Å². The minimum atomic E-state index is -0.679. The highest BCUT2D eigenvalue weighted by Crippen LogP contribution is 2.18. The van der Waals surface area contributed by atoms with Crippen molar-refractivity contribution in [2.45, 2.75) is 13.0 Å². The van der Waals surface area contributed by atoms with Crippen LogP contribution in [0, 0.1) is 0 Å². The molecule has 1 saturated heterocycles. The normalized spacial score (nSPS) is 19.1. The fourth-order valence-electron chi connectivity index (χ4n) is 1.14. The molecule has 1 rings (SSSR count). The van der Waals surface area contributed by atoms with Gasteiger partial charge in [0.25, 0.3) is 5.24 Å². The lowest BCUT2D eigenvalue weighted by molar-refractivity contribution is -0.125. The second kappa shape index (κ2) is 5.33. The average Bonchev–Trinajstić information content (AvgIpc) is 2.46. The van der Waals surface area contributed by atoms with Crippen LogP contribution in [0.4, 0.5) is 4.79 Å². The minimum absolute atomic E-state index is 0.0949. The van der Waals surface area contributed by atoms with E-state index in [-0.39, 0.29) is 23.4 Å². The van der Waals surface area contributed by atoms with Crippen molar-refractivity contribution in [2.24, 2.45) is 0 Å². The van der Waals surface area contributed by atoms with Crippen LogP contribution in [0.2, 0.25) is 0 Å². The van der Waals surface area contributed by atoms with Gasteiger partial charge in [-0.25, -0.2) is 0 Å². The maximum Gasteiger partial charge on any atom is 0.288 e. The Labute approximate surface area is 86.8 Å². The topological polar surface area (TPSA) is 69.6 Å². The number of hydrogen-bond acceptors (Lipinski definition) is 5. The molecule has 0 saturated carbocycles. The summed E-state index contributed by atoms with van der Waals surface area (Å²) in [5, 5.41) is 12.1. The number of carbonyl (C=O) groups excluding carboxylic acids is 2. The zero-order valence-corrected chi connectivity index (χ0v) is 8.84. The molecule has 80 valence electrons. The highest BCUT2D eigenvalue weighted by atomic mass is 32.2. The molecule has 1 fully saturated rings.